The van der Waals surface area contributed by atoms with Crippen LogP contribution in [0.25, 0.3) is 0 Å². The van der Waals surface area contributed by atoms with Crippen LogP contribution in [0.5, 0.6) is 0 Å². The van der Waals surface area contributed by atoms with E-state index in [4.69, 9.17) is 16.1 Å². The first-order valence-corrected chi connectivity index (χ1v) is 7.95. The van der Waals surface area contributed by atoms with Gasteiger partial charge in [0.05, 0.1) is 6.04 Å². The topological polar surface area (TPSA) is 55.1 Å². The molecule has 0 saturated heterocycles. The minimum Gasteiger partial charge on any atom is -0.360 e. The van der Waals surface area contributed by atoms with Crippen LogP contribution in [0.4, 0.5) is 0 Å². The third-order valence-corrected chi connectivity index (χ3v) is 4.18. The van der Waals surface area contributed by atoms with Gasteiger partial charge in [-0.15, -0.1) is 0 Å². The molecule has 0 unspecified atom stereocenters. The Balaban J connectivity index is 1.74. The molecule has 0 radical (unpaired) electrons. The summed E-state index contributed by atoms with van der Waals surface area (Å²) in [6.45, 7) is 4.13. The zero-order valence-electron chi connectivity index (χ0n) is 12.7. The minimum absolute atomic E-state index is 0.0918. The molecule has 0 spiro atoms. The normalized spacial score (nSPS) is 15.8. The van der Waals surface area contributed by atoms with Crippen molar-refractivity contribution in [1.29, 1.82) is 0 Å². The highest BCUT2D eigenvalue weighted by atomic mass is 35.5. The monoisotopic (exact) mass is 318 g/mol. The SMILES string of the molecule is CC(C)[C@@H](NC(=O)c1cc(C2CC2)on1)c1ccc(Cl)cc1. The van der Waals surface area contributed by atoms with Gasteiger partial charge in [0, 0.05) is 17.0 Å². The molecule has 4 nitrogen and oxygen atoms in total. The van der Waals surface area contributed by atoms with Gasteiger partial charge in [0.15, 0.2) is 5.69 Å². The maximum absolute atomic E-state index is 12.4. The summed E-state index contributed by atoms with van der Waals surface area (Å²) in [4.78, 5) is 12.4. The molecule has 5 heteroatoms. The zero-order valence-corrected chi connectivity index (χ0v) is 13.4. The van der Waals surface area contributed by atoms with Crippen molar-refractivity contribution in [3.63, 3.8) is 0 Å². The van der Waals surface area contributed by atoms with E-state index in [1.165, 1.54) is 0 Å². The lowest BCUT2D eigenvalue weighted by Crippen LogP contribution is -2.31. The number of hydrogen-bond donors (Lipinski definition) is 1. The lowest BCUT2D eigenvalue weighted by molar-refractivity contribution is 0.0916. The van der Waals surface area contributed by atoms with Crippen molar-refractivity contribution in [3.05, 3.63) is 52.4 Å². The number of hydrogen-bond acceptors (Lipinski definition) is 3. The van der Waals surface area contributed by atoms with E-state index in [9.17, 15) is 4.79 Å². The average Bonchev–Trinajstić information content (AvgIpc) is 3.22. The Hall–Kier alpha value is -1.81. The van der Waals surface area contributed by atoms with Gasteiger partial charge in [-0.2, -0.15) is 0 Å². The van der Waals surface area contributed by atoms with Gasteiger partial charge in [-0.25, -0.2) is 0 Å². The standard InChI is InChI=1S/C17H19ClN2O2/c1-10(2)16(12-5-7-13(18)8-6-12)19-17(21)14-9-15(22-20-14)11-3-4-11/h5-11,16H,3-4H2,1-2H3,(H,19,21)/t16-/m1/s1. The van der Waals surface area contributed by atoms with Crippen molar-refractivity contribution in [2.24, 2.45) is 5.92 Å². The lowest BCUT2D eigenvalue weighted by Gasteiger charge is -2.22. The number of benzene rings is 1. The lowest BCUT2D eigenvalue weighted by atomic mass is 9.96. The van der Waals surface area contributed by atoms with Crippen LogP contribution < -0.4 is 5.32 Å². The summed E-state index contributed by atoms with van der Waals surface area (Å²) in [6.07, 6.45) is 2.24. The van der Waals surface area contributed by atoms with Gasteiger partial charge in [0.2, 0.25) is 0 Å². The van der Waals surface area contributed by atoms with Crippen molar-refractivity contribution in [2.75, 3.05) is 0 Å². The number of rotatable bonds is 5. The van der Waals surface area contributed by atoms with E-state index in [1.54, 1.807) is 6.07 Å². The second kappa shape index (κ2) is 6.13. The fourth-order valence-electron chi connectivity index (χ4n) is 2.48. The number of halogens is 1. The van der Waals surface area contributed by atoms with E-state index in [-0.39, 0.29) is 17.9 Å². The molecule has 0 aliphatic heterocycles. The summed E-state index contributed by atoms with van der Waals surface area (Å²) >= 11 is 5.93. The van der Waals surface area contributed by atoms with Crippen molar-refractivity contribution in [3.8, 4) is 0 Å². The fraction of sp³-hybridized carbons (Fsp3) is 0.412. The molecular formula is C17H19ClN2O2. The third kappa shape index (κ3) is 3.33. The molecule has 22 heavy (non-hydrogen) atoms. The quantitative estimate of drug-likeness (QED) is 0.892. The molecule has 116 valence electrons. The van der Waals surface area contributed by atoms with Crippen molar-refractivity contribution in [2.45, 2.75) is 38.6 Å². The van der Waals surface area contributed by atoms with Crippen LogP contribution in [0, 0.1) is 5.92 Å². The number of nitrogens with zero attached hydrogens (tertiary/aromatic N) is 1. The van der Waals surface area contributed by atoms with E-state index < -0.39 is 0 Å². The van der Waals surface area contributed by atoms with Gasteiger partial charge in [-0.1, -0.05) is 42.7 Å². The molecular weight excluding hydrogens is 300 g/mol. The first kappa shape index (κ1) is 15.1. The van der Waals surface area contributed by atoms with Crippen LogP contribution >= 0.6 is 11.6 Å². The van der Waals surface area contributed by atoms with Crippen LogP contribution in [0.3, 0.4) is 0 Å². The van der Waals surface area contributed by atoms with Gasteiger partial charge < -0.3 is 9.84 Å². The van der Waals surface area contributed by atoms with Crippen LogP contribution in [0.1, 0.15) is 60.5 Å². The maximum Gasteiger partial charge on any atom is 0.273 e. The molecule has 1 saturated carbocycles. The van der Waals surface area contributed by atoms with E-state index in [2.05, 4.69) is 24.3 Å². The molecule has 1 fully saturated rings. The van der Waals surface area contributed by atoms with Crippen molar-refractivity contribution < 1.29 is 9.32 Å². The van der Waals surface area contributed by atoms with Gasteiger partial charge in [-0.3, -0.25) is 4.79 Å². The molecule has 1 N–H and O–H groups in total. The summed E-state index contributed by atoms with van der Waals surface area (Å²) in [6, 6.07) is 9.20. The number of nitrogens with one attached hydrogen (secondary N) is 1. The van der Waals surface area contributed by atoms with E-state index in [1.807, 2.05) is 24.3 Å². The second-order valence-electron chi connectivity index (χ2n) is 6.14. The molecule has 3 rings (SSSR count). The Labute approximate surface area is 134 Å². The largest absolute Gasteiger partial charge is 0.360 e. The highest BCUT2D eigenvalue weighted by Crippen LogP contribution is 2.40. The molecule has 1 amide bonds. The van der Waals surface area contributed by atoms with Crippen LogP contribution in [0.15, 0.2) is 34.9 Å². The van der Waals surface area contributed by atoms with E-state index in [0.717, 1.165) is 24.2 Å². The van der Waals surface area contributed by atoms with Crippen molar-refractivity contribution >= 4 is 17.5 Å². The Bertz CT molecular complexity index is 660. The Morgan fingerprint density at radius 3 is 2.59 bits per heavy atom. The van der Waals surface area contributed by atoms with Gasteiger partial charge in [-0.05, 0) is 36.5 Å². The zero-order chi connectivity index (χ0) is 15.7. The Kier molecular flexibility index (Phi) is 4.21. The summed E-state index contributed by atoms with van der Waals surface area (Å²) in [5.41, 5.74) is 1.38. The summed E-state index contributed by atoms with van der Waals surface area (Å²) < 4.78 is 5.24. The Morgan fingerprint density at radius 2 is 2.00 bits per heavy atom. The highest BCUT2D eigenvalue weighted by molar-refractivity contribution is 6.30. The molecule has 2 aromatic rings. The molecule has 1 aromatic heterocycles. The highest BCUT2D eigenvalue weighted by Gasteiger charge is 2.29. The first-order valence-electron chi connectivity index (χ1n) is 7.57. The first-order chi connectivity index (χ1) is 10.5. The molecule has 1 aliphatic rings. The van der Waals surface area contributed by atoms with Crippen LogP contribution in [-0.2, 0) is 0 Å². The summed E-state index contributed by atoms with van der Waals surface area (Å²) in [5.74, 6) is 1.31. The van der Waals surface area contributed by atoms with Crippen LogP contribution in [0.2, 0.25) is 5.02 Å². The fourth-order valence-corrected chi connectivity index (χ4v) is 2.60. The molecule has 1 aliphatic carbocycles. The second-order valence-corrected chi connectivity index (χ2v) is 6.57. The smallest absolute Gasteiger partial charge is 0.273 e. The Morgan fingerprint density at radius 1 is 1.32 bits per heavy atom. The van der Waals surface area contributed by atoms with Crippen LogP contribution in [-0.4, -0.2) is 11.1 Å². The van der Waals surface area contributed by atoms with Gasteiger partial charge >= 0.3 is 0 Å². The number of carbonyl (C=O) groups is 1. The summed E-state index contributed by atoms with van der Waals surface area (Å²) in [5, 5.41) is 7.61. The summed E-state index contributed by atoms with van der Waals surface area (Å²) in [7, 11) is 0. The third-order valence-electron chi connectivity index (χ3n) is 3.92. The maximum atomic E-state index is 12.4. The van der Waals surface area contributed by atoms with E-state index >= 15 is 0 Å². The van der Waals surface area contributed by atoms with Crippen molar-refractivity contribution in [1.82, 2.24) is 10.5 Å². The number of carbonyl (C=O) groups excluding carboxylic acids is 1. The van der Waals surface area contributed by atoms with Gasteiger partial charge in [0.25, 0.3) is 5.91 Å². The van der Waals surface area contributed by atoms with Gasteiger partial charge in [0.1, 0.15) is 5.76 Å². The predicted molar refractivity (Wildman–Crippen MR) is 85.0 cm³/mol. The molecule has 0 bridgehead atoms. The molecule has 1 heterocycles. The average molecular weight is 319 g/mol. The number of amides is 1. The molecule has 1 aromatic carbocycles. The number of aromatic nitrogens is 1. The minimum atomic E-state index is -0.204. The predicted octanol–water partition coefficient (Wildman–Crippen LogP) is 4.33. The van der Waals surface area contributed by atoms with E-state index in [0.29, 0.717) is 16.6 Å². The molecule has 1 atom stereocenters.